The lowest BCUT2D eigenvalue weighted by Crippen LogP contribution is -2.27. The van der Waals surface area contributed by atoms with E-state index < -0.39 is 0 Å². The third kappa shape index (κ3) is 4.87. The molecule has 0 bridgehead atoms. The van der Waals surface area contributed by atoms with Gasteiger partial charge < -0.3 is 11.1 Å². The van der Waals surface area contributed by atoms with Crippen molar-refractivity contribution in [1.29, 1.82) is 0 Å². The van der Waals surface area contributed by atoms with Crippen LogP contribution in [-0.2, 0) is 0 Å². The van der Waals surface area contributed by atoms with Gasteiger partial charge in [-0.2, -0.15) is 0 Å². The van der Waals surface area contributed by atoms with Crippen LogP contribution in [0.5, 0.6) is 0 Å². The van der Waals surface area contributed by atoms with Crippen molar-refractivity contribution in [3.05, 3.63) is 29.6 Å². The molecule has 0 unspecified atom stereocenters. The second-order valence-electron chi connectivity index (χ2n) is 5.48. The number of amides is 1. The maximum atomic E-state index is 12.2. The lowest BCUT2D eigenvalue weighted by atomic mass is 9.87. The topological polar surface area (TPSA) is 68.0 Å². The molecule has 21 heavy (non-hydrogen) atoms. The van der Waals surface area contributed by atoms with Gasteiger partial charge >= 0.3 is 0 Å². The summed E-state index contributed by atoms with van der Waals surface area (Å²) in [5.41, 5.74) is 6.59. The minimum atomic E-state index is -0.0745. The molecule has 1 saturated carbocycles. The summed E-state index contributed by atoms with van der Waals surface area (Å²) >= 11 is 0. The summed E-state index contributed by atoms with van der Waals surface area (Å²) in [5.74, 6) is 6.36. The van der Waals surface area contributed by atoms with Crippen LogP contribution < -0.4 is 11.1 Å². The van der Waals surface area contributed by atoms with Gasteiger partial charge in [0, 0.05) is 18.9 Å². The van der Waals surface area contributed by atoms with Crippen LogP contribution in [0.1, 0.15) is 54.4 Å². The first-order chi connectivity index (χ1) is 10.3. The Morgan fingerprint density at radius 3 is 2.95 bits per heavy atom. The third-order valence-corrected chi connectivity index (χ3v) is 3.95. The SMILES string of the molecule is NCC#Cc1cnccc1C(=O)NCCC1CCCCC1. The van der Waals surface area contributed by atoms with Gasteiger partial charge in [-0.25, -0.2) is 0 Å². The minimum Gasteiger partial charge on any atom is -0.352 e. The maximum absolute atomic E-state index is 12.2. The average molecular weight is 285 g/mol. The summed E-state index contributed by atoms with van der Waals surface area (Å²) < 4.78 is 0. The molecule has 0 atom stereocenters. The Morgan fingerprint density at radius 1 is 1.38 bits per heavy atom. The summed E-state index contributed by atoms with van der Waals surface area (Å²) in [6, 6.07) is 1.70. The zero-order valence-corrected chi connectivity index (χ0v) is 12.4. The Kier molecular flexibility index (Phi) is 6.23. The highest BCUT2D eigenvalue weighted by Gasteiger charge is 2.14. The maximum Gasteiger partial charge on any atom is 0.252 e. The Hall–Kier alpha value is -1.86. The van der Waals surface area contributed by atoms with Gasteiger partial charge in [0.25, 0.3) is 5.91 Å². The standard InChI is InChI=1S/C17H23N3O/c18-10-4-7-15-13-19-11-9-16(15)17(21)20-12-8-14-5-2-1-3-6-14/h9,11,13-14H,1-3,5-6,8,10,12,18H2,(H,20,21). The van der Waals surface area contributed by atoms with E-state index in [1.54, 1.807) is 18.5 Å². The molecule has 0 aromatic carbocycles. The van der Waals surface area contributed by atoms with Crippen LogP contribution in [0, 0.1) is 17.8 Å². The van der Waals surface area contributed by atoms with Crippen molar-refractivity contribution in [2.75, 3.05) is 13.1 Å². The Morgan fingerprint density at radius 2 is 2.19 bits per heavy atom. The molecule has 1 amide bonds. The van der Waals surface area contributed by atoms with E-state index in [9.17, 15) is 4.79 Å². The quantitative estimate of drug-likeness (QED) is 0.832. The van der Waals surface area contributed by atoms with Crippen molar-refractivity contribution in [1.82, 2.24) is 10.3 Å². The molecule has 2 rings (SSSR count). The van der Waals surface area contributed by atoms with Gasteiger partial charge in [0.1, 0.15) is 0 Å². The number of carbonyl (C=O) groups is 1. The van der Waals surface area contributed by atoms with E-state index in [0.717, 1.165) is 18.9 Å². The van der Waals surface area contributed by atoms with Crippen LogP contribution in [0.3, 0.4) is 0 Å². The Balaban J connectivity index is 1.88. The lowest BCUT2D eigenvalue weighted by molar-refractivity contribution is 0.0950. The van der Waals surface area contributed by atoms with Gasteiger partial charge in [0.05, 0.1) is 17.7 Å². The molecular weight excluding hydrogens is 262 g/mol. The zero-order valence-electron chi connectivity index (χ0n) is 12.4. The van der Waals surface area contributed by atoms with E-state index >= 15 is 0 Å². The number of rotatable bonds is 4. The number of nitrogens with two attached hydrogens (primary N) is 1. The monoisotopic (exact) mass is 285 g/mol. The number of pyridine rings is 1. The molecule has 1 fully saturated rings. The fraction of sp³-hybridized carbons (Fsp3) is 0.529. The summed E-state index contributed by atoms with van der Waals surface area (Å²) in [6.45, 7) is 1.01. The second-order valence-corrected chi connectivity index (χ2v) is 5.48. The molecule has 0 spiro atoms. The first kappa shape index (κ1) is 15.5. The van der Waals surface area contributed by atoms with Crippen LogP contribution in [0.25, 0.3) is 0 Å². The van der Waals surface area contributed by atoms with Gasteiger partial charge in [-0.3, -0.25) is 9.78 Å². The molecular formula is C17H23N3O. The van der Waals surface area contributed by atoms with Crippen LogP contribution >= 0.6 is 0 Å². The third-order valence-electron chi connectivity index (χ3n) is 3.95. The largest absolute Gasteiger partial charge is 0.352 e. The van der Waals surface area contributed by atoms with Crippen LogP contribution in [0.2, 0.25) is 0 Å². The first-order valence-corrected chi connectivity index (χ1v) is 7.72. The number of carbonyl (C=O) groups excluding carboxylic acids is 1. The molecule has 1 heterocycles. The summed E-state index contributed by atoms with van der Waals surface area (Å²) in [5, 5.41) is 3.00. The first-order valence-electron chi connectivity index (χ1n) is 7.72. The Bertz CT molecular complexity index is 524. The van der Waals surface area contributed by atoms with Crippen LogP contribution in [-0.4, -0.2) is 24.0 Å². The minimum absolute atomic E-state index is 0.0745. The lowest BCUT2D eigenvalue weighted by Gasteiger charge is -2.21. The highest BCUT2D eigenvalue weighted by atomic mass is 16.1. The van der Waals surface area contributed by atoms with Gasteiger partial charge in [-0.05, 0) is 18.4 Å². The van der Waals surface area contributed by atoms with Gasteiger partial charge in [0.15, 0.2) is 0 Å². The van der Waals surface area contributed by atoms with Crippen molar-refractivity contribution in [3.8, 4) is 11.8 Å². The number of nitrogens with one attached hydrogen (secondary N) is 1. The van der Waals surface area contributed by atoms with Crippen molar-refractivity contribution in [3.63, 3.8) is 0 Å². The molecule has 4 heteroatoms. The molecule has 0 saturated heterocycles. The zero-order chi connectivity index (χ0) is 14.9. The number of hydrogen-bond acceptors (Lipinski definition) is 3. The van der Waals surface area contributed by atoms with Gasteiger partial charge in [-0.15, -0.1) is 0 Å². The Labute approximate surface area is 126 Å². The number of aromatic nitrogens is 1. The molecule has 1 aromatic rings. The summed E-state index contributed by atoms with van der Waals surface area (Å²) in [6.07, 6.45) is 10.9. The van der Waals surface area contributed by atoms with Crippen molar-refractivity contribution >= 4 is 5.91 Å². The molecule has 0 aliphatic heterocycles. The highest BCUT2D eigenvalue weighted by molar-refractivity contribution is 5.96. The van der Waals surface area contributed by atoms with E-state index in [0.29, 0.717) is 11.1 Å². The predicted octanol–water partition coefficient (Wildman–Crippen LogP) is 2.09. The predicted molar refractivity (Wildman–Crippen MR) is 83.7 cm³/mol. The summed E-state index contributed by atoms with van der Waals surface area (Å²) in [4.78, 5) is 16.2. The van der Waals surface area contributed by atoms with E-state index in [4.69, 9.17) is 5.73 Å². The van der Waals surface area contributed by atoms with E-state index in [1.807, 2.05) is 0 Å². The smallest absolute Gasteiger partial charge is 0.252 e. The van der Waals surface area contributed by atoms with Crippen LogP contribution in [0.4, 0.5) is 0 Å². The highest BCUT2D eigenvalue weighted by Crippen LogP contribution is 2.25. The molecule has 3 N–H and O–H groups in total. The fourth-order valence-corrected chi connectivity index (χ4v) is 2.80. The molecule has 1 aliphatic carbocycles. The van der Waals surface area contributed by atoms with Crippen LogP contribution in [0.15, 0.2) is 18.5 Å². The van der Waals surface area contributed by atoms with Crippen molar-refractivity contribution in [2.24, 2.45) is 11.7 Å². The van der Waals surface area contributed by atoms with Crippen molar-refractivity contribution in [2.45, 2.75) is 38.5 Å². The van der Waals surface area contributed by atoms with E-state index in [1.165, 1.54) is 32.1 Å². The molecule has 112 valence electrons. The number of hydrogen-bond donors (Lipinski definition) is 2. The molecule has 1 aliphatic rings. The molecule has 1 aromatic heterocycles. The average Bonchev–Trinajstić information content (AvgIpc) is 2.54. The van der Waals surface area contributed by atoms with Gasteiger partial charge in [0.2, 0.25) is 0 Å². The second kappa shape index (κ2) is 8.43. The normalized spacial score (nSPS) is 15.1. The van der Waals surface area contributed by atoms with E-state index in [2.05, 4.69) is 22.1 Å². The molecule has 0 radical (unpaired) electrons. The fourth-order valence-electron chi connectivity index (χ4n) is 2.80. The summed E-state index contributed by atoms with van der Waals surface area (Å²) in [7, 11) is 0. The van der Waals surface area contributed by atoms with Crippen molar-refractivity contribution < 1.29 is 4.79 Å². The molecule has 4 nitrogen and oxygen atoms in total. The van der Waals surface area contributed by atoms with E-state index in [-0.39, 0.29) is 12.5 Å². The number of nitrogens with zero attached hydrogens (tertiary/aromatic N) is 1. The van der Waals surface area contributed by atoms with Gasteiger partial charge in [-0.1, -0.05) is 43.9 Å².